The molecule has 0 radical (unpaired) electrons. The van der Waals surface area contributed by atoms with E-state index in [1.165, 1.54) is 6.07 Å². The van der Waals surface area contributed by atoms with E-state index >= 15 is 0 Å². The van der Waals surface area contributed by atoms with Crippen molar-refractivity contribution in [3.63, 3.8) is 0 Å². The number of carbonyl (C=O) groups is 1. The van der Waals surface area contributed by atoms with E-state index < -0.39 is 4.92 Å². The van der Waals surface area contributed by atoms with E-state index in [4.69, 9.17) is 0 Å². The number of nitrogens with zero attached hydrogens (tertiary/aromatic N) is 2. The molecule has 1 aromatic carbocycles. The van der Waals surface area contributed by atoms with Crippen LogP contribution < -0.4 is 15.5 Å². The second-order valence-electron chi connectivity index (χ2n) is 5.26. The van der Waals surface area contributed by atoms with E-state index in [2.05, 4.69) is 10.6 Å². The number of hydrogen-bond acceptors (Lipinski definition) is 5. The summed E-state index contributed by atoms with van der Waals surface area (Å²) in [6, 6.07) is 4.71. The zero-order valence-corrected chi connectivity index (χ0v) is 12.8. The van der Waals surface area contributed by atoms with Gasteiger partial charge in [-0.2, -0.15) is 0 Å². The van der Waals surface area contributed by atoms with Crippen LogP contribution in [0, 0.1) is 10.1 Å². The Morgan fingerprint density at radius 2 is 2.05 bits per heavy atom. The minimum Gasteiger partial charge on any atom is -0.366 e. The van der Waals surface area contributed by atoms with E-state index in [-0.39, 0.29) is 11.6 Å². The standard InChI is InChI=1S/C15H22N4O3/c1-2-16-7-8-17-15(20)12-5-6-13(14(11-12)19(21)22)18-9-3-4-10-18/h5-6,11,16H,2-4,7-10H2,1H3,(H,17,20). The Hall–Kier alpha value is -2.15. The first-order valence-electron chi connectivity index (χ1n) is 7.65. The van der Waals surface area contributed by atoms with E-state index in [0.29, 0.717) is 24.3 Å². The van der Waals surface area contributed by atoms with Crippen LogP contribution in [0.1, 0.15) is 30.1 Å². The summed E-state index contributed by atoms with van der Waals surface area (Å²) in [7, 11) is 0. The average molecular weight is 306 g/mol. The van der Waals surface area contributed by atoms with Crippen molar-refractivity contribution in [1.82, 2.24) is 10.6 Å². The molecule has 1 saturated heterocycles. The van der Waals surface area contributed by atoms with Crippen molar-refractivity contribution < 1.29 is 9.72 Å². The molecule has 2 rings (SSSR count). The molecule has 0 atom stereocenters. The Bertz CT molecular complexity index is 542. The Morgan fingerprint density at radius 3 is 2.68 bits per heavy atom. The lowest BCUT2D eigenvalue weighted by atomic mass is 10.1. The molecule has 120 valence electrons. The molecule has 0 bridgehead atoms. The summed E-state index contributed by atoms with van der Waals surface area (Å²) in [5.41, 5.74) is 0.930. The van der Waals surface area contributed by atoms with Gasteiger partial charge in [0.15, 0.2) is 0 Å². The lowest BCUT2D eigenvalue weighted by molar-refractivity contribution is -0.384. The maximum atomic E-state index is 12.0. The second-order valence-corrected chi connectivity index (χ2v) is 5.26. The topological polar surface area (TPSA) is 87.5 Å². The Balaban J connectivity index is 2.11. The van der Waals surface area contributed by atoms with Gasteiger partial charge in [-0.15, -0.1) is 0 Å². The number of hydrogen-bond donors (Lipinski definition) is 2. The molecule has 1 fully saturated rings. The SMILES string of the molecule is CCNCCNC(=O)c1ccc(N2CCCC2)c([N+](=O)[O-])c1. The first-order valence-corrected chi connectivity index (χ1v) is 7.65. The van der Waals surface area contributed by atoms with E-state index in [1.54, 1.807) is 12.1 Å². The molecule has 1 aromatic rings. The highest BCUT2D eigenvalue weighted by Gasteiger charge is 2.23. The summed E-state index contributed by atoms with van der Waals surface area (Å²) in [5, 5.41) is 17.1. The highest BCUT2D eigenvalue weighted by atomic mass is 16.6. The van der Waals surface area contributed by atoms with Gasteiger partial charge in [0, 0.05) is 37.8 Å². The van der Waals surface area contributed by atoms with Crippen molar-refractivity contribution in [1.29, 1.82) is 0 Å². The van der Waals surface area contributed by atoms with Crippen LogP contribution in [0.4, 0.5) is 11.4 Å². The number of nitro groups is 1. The van der Waals surface area contributed by atoms with Crippen LogP contribution in [0.15, 0.2) is 18.2 Å². The summed E-state index contributed by atoms with van der Waals surface area (Å²) in [6.45, 7) is 5.66. The van der Waals surface area contributed by atoms with Crippen LogP contribution in [0.25, 0.3) is 0 Å². The van der Waals surface area contributed by atoms with E-state index in [9.17, 15) is 14.9 Å². The summed E-state index contributed by atoms with van der Waals surface area (Å²) in [6.07, 6.45) is 2.09. The molecular formula is C15H22N4O3. The Morgan fingerprint density at radius 1 is 1.32 bits per heavy atom. The molecule has 0 aliphatic carbocycles. The molecule has 1 amide bonds. The van der Waals surface area contributed by atoms with Gasteiger partial charge in [-0.3, -0.25) is 14.9 Å². The lowest BCUT2D eigenvalue weighted by Crippen LogP contribution is -2.31. The van der Waals surface area contributed by atoms with Gasteiger partial charge in [-0.25, -0.2) is 0 Å². The smallest absolute Gasteiger partial charge is 0.293 e. The predicted octanol–water partition coefficient (Wildman–Crippen LogP) is 1.53. The third-order valence-corrected chi connectivity index (χ3v) is 3.72. The maximum Gasteiger partial charge on any atom is 0.293 e. The normalized spacial score (nSPS) is 14.1. The predicted molar refractivity (Wildman–Crippen MR) is 85.4 cm³/mol. The van der Waals surface area contributed by atoms with Gasteiger partial charge in [0.1, 0.15) is 5.69 Å². The summed E-state index contributed by atoms with van der Waals surface area (Å²) in [5.74, 6) is -0.283. The molecule has 0 spiro atoms. The highest BCUT2D eigenvalue weighted by molar-refractivity contribution is 5.95. The van der Waals surface area contributed by atoms with E-state index in [0.717, 1.165) is 32.5 Å². The van der Waals surface area contributed by atoms with Crippen LogP contribution >= 0.6 is 0 Å². The van der Waals surface area contributed by atoms with Gasteiger partial charge in [-0.05, 0) is 31.5 Å². The molecule has 7 heteroatoms. The summed E-state index contributed by atoms with van der Waals surface area (Å²) < 4.78 is 0. The van der Waals surface area contributed by atoms with Crippen molar-refractivity contribution in [2.45, 2.75) is 19.8 Å². The number of nitro benzene ring substituents is 1. The van der Waals surface area contributed by atoms with Gasteiger partial charge < -0.3 is 15.5 Å². The molecule has 0 aromatic heterocycles. The third kappa shape index (κ3) is 3.94. The quantitative estimate of drug-likeness (QED) is 0.453. The first-order chi connectivity index (χ1) is 10.6. The van der Waals surface area contributed by atoms with Crippen molar-refractivity contribution in [3.05, 3.63) is 33.9 Å². The van der Waals surface area contributed by atoms with Crippen LogP contribution in [-0.2, 0) is 0 Å². The maximum absolute atomic E-state index is 12.0. The molecule has 7 nitrogen and oxygen atoms in total. The number of carbonyl (C=O) groups excluding carboxylic acids is 1. The second kappa shape index (κ2) is 7.74. The van der Waals surface area contributed by atoms with Gasteiger partial charge in [0.2, 0.25) is 0 Å². The Labute approximate surface area is 129 Å². The van der Waals surface area contributed by atoms with Gasteiger partial charge in [0.05, 0.1) is 4.92 Å². The first kappa shape index (κ1) is 16.2. The van der Waals surface area contributed by atoms with Gasteiger partial charge in [-0.1, -0.05) is 6.92 Å². The number of amides is 1. The molecular weight excluding hydrogens is 284 g/mol. The van der Waals surface area contributed by atoms with Crippen molar-refractivity contribution in [2.24, 2.45) is 0 Å². The zero-order valence-electron chi connectivity index (χ0n) is 12.8. The molecule has 1 aliphatic rings. The fourth-order valence-corrected chi connectivity index (χ4v) is 2.58. The Kier molecular flexibility index (Phi) is 5.71. The zero-order chi connectivity index (χ0) is 15.9. The monoisotopic (exact) mass is 306 g/mol. The fourth-order valence-electron chi connectivity index (χ4n) is 2.58. The molecule has 2 N–H and O–H groups in total. The van der Waals surface area contributed by atoms with Crippen molar-refractivity contribution in [2.75, 3.05) is 37.6 Å². The van der Waals surface area contributed by atoms with Crippen LogP contribution in [0.5, 0.6) is 0 Å². The van der Waals surface area contributed by atoms with Crippen LogP contribution in [-0.4, -0.2) is 43.6 Å². The molecule has 0 unspecified atom stereocenters. The number of rotatable bonds is 7. The van der Waals surface area contributed by atoms with Gasteiger partial charge in [0.25, 0.3) is 11.6 Å². The number of likely N-dealkylation sites (N-methyl/N-ethyl adjacent to an activating group) is 1. The molecule has 0 saturated carbocycles. The van der Waals surface area contributed by atoms with E-state index in [1.807, 2.05) is 11.8 Å². The fraction of sp³-hybridized carbons (Fsp3) is 0.533. The molecule has 1 aliphatic heterocycles. The lowest BCUT2D eigenvalue weighted by Gasteiger charge is -2.17. The third-order valence-electron chi connectivity index (χ3n) is 3.72. The van der Waals surface area contributed by atoms with Gasteiger partial charge >= 0.3 is 0 Å². The van der Waals surface area contributed by atoms with Crippen molar-refractivity contribution >= 4 is 17.3 Å². The summed E-state index contributed by atoms with van der Waals surface area (Å²) >= 11 is 0. The van der Waals surface area contributed by atoms with Crippen molar-refractivity contribution in [3.8, 4) is 0 Å². The summed E-state index contributed by atoms with van der Waals surface area (Å²) in [4.78, 5) is 24.9. The van der Waals surface area contributed by atoms with Crippen LogP contribution in [0.2, 0.25) is 0 Å². The number of nitrogens with one attached hydrogen (secondary N) is 2. The average Bonchev–Trinajstić information content (AvgIpc) is 3.05. The molecule has 22 heavy (non-hydrogen) atoms. The largest absolute Gasteiger partial charge is 0.366 e. The number of anilines is 1. The van der Waals surface area contributed by atoms with Crippen LogP contribution in [0.3, 0.4) is 0 Å². The molecule has 1 heterocycles. The highest BCUT2D eigenvalue weighted by Crippen LogP contribution is 2.31. The number of benzene rings is 1. The minimum atomic E-state index is -0.414. The minimum absolute atomic E-state index is 0.00114.